The summed E-state index contributed by atoms with van der Waals surface area (Å²) in [6, 6.07) is 18.6. The van der Waals surface area contributed by atoms with Crippen LogP contribution in [-0.2, 0) is 4.79 Å². The van der Waals surface area contributed by atoms with Gasteiger partial charge in [-0.15, -0.1) is 10.2 Å². The standard InChI is InChI=1S/C21H19N5O3S/c1-28-17-10-8-14(12-18(17)29-2)16-9-11-19-23-24-21(26(19)25-16)30-13-20(27)22-15-6-4-3-5-7-15/h3-12H,13H2,1-2H3,(H,22,27). The van der Waals surface area contributed by atoms with E-state index in [1.165, 1.54) is 11.8 Å². The number of benzene rings is 2. The lowest BCUT2D eigenvalue weighted by molar-refractivity contribution is -0.113. The molecular weight excluding hydrogens is 402 g/mol. The zero-order valence-electron chi connectivity index (χ0n) is 16.4. The minimum atomic E-state index is -0.126. The van der Waals surface area contributed by atoms with Crippen molar-refractivity contribution >= 4 is 29.0 Å². The Bertz CT molecular complexity index is 1180. The minimum absolute atomic E-state index is 0.126. The molecule has 9 heteroatoms. The van der Waals surface area contributed by atoms with Crippen molar-refractivity contribution in [3.8, 4) is 22.8 Å². The summed E-state index contributed by atoms with van der Waals surface area (Å²) < 4.78 is 12.3. The van der Waals surface area contributed by atoms with Gasteiger partial charge in [-0.05, 0) is 42.5 Å². The van der Waals surface area contributed by atoms with Gasteiger partial charge in [0, 0.05) is 11.3 Å². The highest BCUT2D eigenvalue weighted by atomic mass is 32.2. The second kappa shape index (κ2) is 8.83. The molecule has 0 atom stereocenters. The largest absolute Gasteiger partial charge is 0.493 e. The summed E-state index contributed by atoms with van der Waals surface area (Å²) in [6.45, 7) is 0. The molecule has 0 bridgehead atoms. The molecule has 0 aliphatic carbocycles. The van der Waals surface area contributed by atoms with Gasteiger partial charge in [-0.2, -0.15) is 9.61 Å². The van der Waals surface area contributed by atoms with Crippen LogP contribution in [0.15, 0.2) is 65.8 Å². The van der Waals surface area contributed by atoms with Gasteiger partial charge >= 0.3 is 0 Å². The summed E-state index contributed by atoms with van der Waals surface area (Å²) in [6.07, 6.45) is 0. The molecule has 1 N–H and O–H groups in total. The normalized spacial score (nSPS) is 10.7. The molecule has 4 rings (SSSR count). The molecule has 0 saturated heterocycles. The lowest BCUT2D eigenvalue weighted by atomic mass is 10.1. The average molecular weight is 421 g/mol. The number of methoxy groups -OCH3 is 2. The Labute approximate surface area is 177 Å². The monoisotopic (exact) mass is 421 g/mol. The lowest BCUT2D eigenvalue weighted by Gasteiger charge is -2.09. The second-order valence-electron chi connectivity index (χ2n) is 6.24. The first-order chi connectivity index (χ1) is 14.7. The molecular formula is C21H19N5O3S. The summed E-state index contributed by atoms with van der Waals surface area (Å²) >= 11 is 1.27. The van der Waals surface area contributed by atoms with Crippen molar-refractivity contribution in [1.82, 2.24) is 19.8 Å². The molecule has 2 heterocycles. The number of rotatable bonds is 7. The maximum absolute atomic E-state index is 12.2. The smallest absolute Gasteiger partial charge is 0.234 e. The van der Waals surface area contributed by atoms with Crippen LogP contribution in [0.4, 0.5) is 5.69 Å². The average Bonchev–Trinajstić information content (AvgIpc) is 3.20. The first-order valence-electron chi connectivity index (χ1n) is 9.10. The number of hydrogen-bond donors (Lipinski definition) is 1. The van der Waals surface area contributed by atoms with E-state index in [0.717, 1.165) is 16.9 Å². The topological polar surface area (TPSA) is 90.6 Å². The molecule has 0 aliphatic rings. The van der Waals surface area contributed by atoms with E-state index in [2.05, 4.69) is 20.6 Å². The molecule has 0 aliphatic heterocycles. The molecule has 152 valence electrons. The quantitative estimate of drug-likeness (QED) is 0.457. The number of anilines is 1. The molecule has 2 aromatic carbocycles. The predicted molar refractivity (Wildman–Crippen MR) is 115 cm³/mol. The van der Waals surface area contributed by atoms with E-state index in [9.17, 15) is 4.79 Å². The Morgan fingerprint density at radius 2 is 1.80 bits per heavy atom. The Balaban J connectivity index is 1.54. The van der Waals surface area contributed by atoms with E-state index in [0.29, 0.717) is 22.3 Å². The highest BCUT2D eigenvalue weighted by Gasteiger charge is 2.13. The number of nitrogens with one attached hydrogen (secondary N) is 1. The number of para-hydroxylation sites is 1. The lowest BCUT2D eigenvalue weighted by Crippen LogP contribution is -2.14. The van der Waals surface area contributed by atoms with Gasteiger partial charge in [-0.25, -0.2) is 0 Å². The molecule has 1 amide bonds. The molecule has 0 fully saturated rings. The maximum Gasteiger partial charge on any atom is 0.234 e. The molecule has 2 aromatic heterocycles. The number of ether oxygens (including phenoxy) is 2. The van der Waals surface area contributed by atoms with E-state index in [4.69, 9.17) is 9.47 Å². The van der Waals surface area contributed by atoms with E-state index in [1.807, 2.05) is 60.7 Å². The molecule has 0 radical (unpaired) electrons. The second-order valence-corrected chi connectivity index (χ2v) is 7.19. The van der Waals surface area contributed by atoms with Crippen LogP contribution in [0.25, 0.3) is 16.9 Å². The van der Waals surface area contributed by atoms with Crippen molar-refractivity contribution in [1.29, 1.82) is 0 Å². The van der Waals surface area contributed by atoms with Gasteiger partial charge in [0.2, 0.25) is 11.1 Å². The molecule has 0 unspecified atom stereocenters. The molecule has 0 saturated carbocycles. The molecule has 8 nitrogen and oxygen atoms in total. The van der Waals surface area contributed by atoms with Crippen LogP contribution in [0.5, 0.6) is 11.5 Å². The summed E-state index contributed by atoms with van der Waals surface area (Å²) in [5.41, 5.74) is 2.94. The van der Waals surface area contributed by atoms with E-state index >= 15 is 0 Å². The Kier molecular flexibility index (Phi) is 5.80. The van der Waals surface area contributed by atoms with E-state index in [-0.39, 0.29) is 11.7 Å². The number of carbonyl (C=O) groups excluding carboxylic acids is 1. The van der Waals surface area contributed by atoms with Crippen LogP contribution >= 0.6 is 11.8 Å². The van der Waals surface area contributed by atoms with Crippen molar-refractivity contribution in [2.45, 2.75) is 5.16 Å². The minimum Gasteiger partial charge on any atom is -0.493 e. The number of carbonyl (C=O) groups is 1. The first kappa shape index (κ1) is 19.7. The maximum atomic E-state index is 12.2. The fraction of sp³-hybridized carbons (Fsp3) is 0.143. The first-order valence-corrected chi connectivity index (χ1v) is 10.1. The Morgan fingerprint density at radius 1 is 1.00 bits per heavy atom. The highest BCUT2D eigenvalue weighted by molar-refractivity contribution is 7.99. The van der Waals surface area contributed by atoms with Crippen molar-refractivity contribution < 1.29 is 14.3 Å². The predicted octanol–water partition coefficient (Wildman–Crippen LogP) is 3.54. The zero-order chi connectivity index (χ0) is 20.9. The summed E-state index contributed by atoms with van der Waals surface area (Å²) in [5, 5.41) is 16.3. The van der Waals surface area contributed by atoms with Crippen molar-refractivity contribution in [3.05, 3.63) is 60.7 Å². The third-order valence-corrected chi connectivity index (χ3v) is 5.22. The van der Waals surface area contributed by atoms with Crippen LogP contribution in [0.1, 0.15) is 0 Å². The summed E-state index contributed by atoms with van der Waals surface area (Å²) in [5.74, 6) is 1.33. The molecule has 30 heavy (non-hydrogen) atoms. The molecule has 4 aromatic rings. The van der Waals surface area contributed by atoms with Gasteiger partial charge in [0.25, 0.3) is 0 Å². The van der Waals surface area contributed by atoms with Gasteiger partial charge < -0.3 is 14.8 Å². The Hall–Kier alpha value is -3.59. The van der Waals surface area contributed by atoms with Crippen molar-refractivity contribution in [2.24, 2.45) is 0 Å². The fourth-order valence-corrected chi connectivity index (χ4v) is 3.54. The number of hydrogen-bond acceptors (Lipinski definition) is 7. The van der Waals surface area contributed by atoms with Gasteiger partial charge in [0.1, 0.15) is 0 Å². The summed E-state index contributed by atoms with van der Waals surface area (Å²) in [7, 11) is 3.18. The number of amides is 1. The number of nitrogens with zero attached hydrogens (tertiary/aromatic N) is 4. The zero-order valence-corrected chi connectivity index (χ0v) is 17.2. The fourth-order valence-electron chi connectivity index (χ4n) is 2.86. The van der Waals surface area contributed by atoms with Gasteiger partial charge in [0.15, 0.2) is 17.1 Å². The van der Waals surface area contributed by atoms with Gasteiger partial charge in [0.05, 0.1) is 25.7 Å². The van der Waals surface area contributed by atoms with E-state index in [1.54, 1.807) is 18.7 Å². The Morgan fingerprint density at radius 3 is 2.57 bits per heavy atom. The third-order valence-electron chi connectivity index (χ3n) is 4.30. The van der Waals surface area contributed by atoms with Gasteiger partial charge in [-0.3, -0.25) is 4.79 Å². The van der Waals surface area contributed by atoms with Crippen LogP contribution < -0.4 is 14.8 Å². The number of aromatic nitrogens is 4. The van der Waals surface area contributed by atoms with Crippen molar-refractivity contribution in [3.63, 3.8) is 0 Å². The van der Waals surface area contributed by atoms with Gasteiger partial charge in [-0.1, -0.05) is 30.0 Å². The number of thioether (sulfide) groups is 1. The SMILES string of the molecule is COc1ccc(-c2ccc3nnc(SCC(=O)Nc4ccccc4)n3n2)cc1OC. The third kappa shape index (κ3) is 4.20. The van der Waals surface area contributed by atoms with E-state index < -0.39 is 0 Å². The molecule has 0 spiro atoms. The van der Waals surface area contributed by atoms with Crippen LogP contribution in [0.2, 0.25) is 0 Å². The van der Waals surface area contributed by atoms with Crippen LogP contribution in [0.3, 0.4) is 0 Å². The highest BCUT2D eigenvalue weighted by Crippen LogP contribution is 2.31. The van der Waals surface area contributed by atoms with Crippen LogP contribution in [-0.4, -0.2) is 45.7 Å². The van der Waals surface area contributed by atoms with Crippen LogP contribution in [0, 0.1) is 0 Å². The number of fused-ring (bicyclic) bond motifs is 1. The van der Waals surface area contributed by atoms with Crippen molar-refractivity contribution in [2.75, 3.05) is 25.3 Å². The summed E-state index contributed by atoms with van der Waals surface area (Å²) in [4.78, 5) is 12.2.